The Hall–Kier alpha value is -0.0800. The maximum Gasteiger partial charge on any atom is 0.168 e. The van der Waals surface area contributed by atoms with Crippen LogP contribution in [0.2, 0.25) is 0 Å². The van der Waals surface area contributed by atoms with E-state index in [4.69, 9.17) is 9.47 Å². The first-order valence-electron chi connectivity index (χ1n) is 9.92. The molecule has 0 heterocycles. The normalized spacial score (nSPS) is 13.5. The van der Waals surface area contributed by atoms with Crippen molar-refractivity contribution in [1.29, 1.82) is 0 Å². The predicted octanol–water partition coefficient (Wildman–Crippen LogP) is 6.72. The highest BCUT2D eigenvalue weighted by Crippen LogP contribution is 2.32. The van der Waals surface area contributed by atoms with Crippen molar-refractivity contribution in [3.05, 3.63) is 0 Å². The third-order valence-electron chi connectivity index (χ3n) is 4.47. The highest BCUT2D eigenvalue weighted by atomic mass is 16.7. The van der Waals surface area contributed by atoms with Gasteiger partial charge in [0.1, 0.15) is 0 Å². The molecule has 0 rings (SSSR count). The summed E-state index contributed by atoms with van der Waals surface area (Å²) in [6.45, 7) is 12.7. The first kappa shape index (κ1) is 21.9. The van der Waals surface area contributed by atoms with Crippen molar-refractivity contribution in [2.75, 3.05) is 13.2 Å². The highest BCUT2D eigenvalue weighted by Gasteiger charge is 2.34. The lowest BCUT2D eigenvalue weighted by Crippen LogP contribution is -2.41. The zero-order chi connectivity index (χ0) is 16.7. The summed E-state index contributed by atoms with van der Waals surface area (Å²) >= 11 is 0. The lowest BCUT2D eigenvalue weighted by atomic mass is 9.88. The Morgan fingerprint density at radius 2 is 1.18 bits per heavy atom. The van der Waals surface area contributed by atoms with Crippen LogP contribution in [0.4, 0.5) is 0 Å². The lowest BCUT2D eigenvalue weighted by Gasteiger charge is -2.38. The van der Waals surface area contributed by atoms with E-state index >= 15 is 0 Å². The molecule has 1 atom stereocenters. The van der Waals surface area contributed by atoms with Gasteiger partial charge < -0.3 is 9.47 Å². The van der Waals surface area contributed by atoms with Crippen molar-refractivity contribution in [3.8, 4) is 0 Å². The van der Waals surface area contributed by atoms with Crippen LogP contribution in [0.25, 0.3) is 0 Å². The molecule has 22 heavy (non-hydrogen) atoms. The molecule has 0 fully saturated rings. The SMILES string of the molecule is CCCCCCCCC(CCC)C(C)(OCCC)OCCC. The van der Waals surface area contributed by atoms with Gasteiger partial charge in [-0.25, -0.2) is 0 Å². The molecule has 0 aliphatic carbocycles. The van der Waals surface area contributed by atoms with E-state index in [1.165, 1.54) is 57.8 Å². The Morgan fingerprint density at radius 3 is 1.68 bits per heavy atom. The second-order valence-electron chi connectivity index (χ2n) is 6.75. The van der Waals surface area contributed by atoms with Crippen LogP contribution in [0.3, 0.4) is 0 Å². The lowest BCUT2D eigenvalue weighted by molar-refractivity contribution is -0.258. The smallest absolute Gasteiger partial charge is 0.168 e. The van der Waals surface area contributed by atoms with Crippen LogP contribution in [0.1, 0.15) is 105 Å². The number of unbranched alkanes of at least 4 members (excludes halogenated alkanes) is 5. The van der Waals surface area contributed by atoms with E-state index in [-0.39, 0.29) is 5.79 Å². The second kappa shape index (κ2) is 14.5. The van der Waals surface area contributed by atoms with Gasteiger partial charge in [-0.1, -0.05) is 72.6 Å². The predicted molar refractivity (Wildman–Crippen MR) is 97.3 cm³/mol. The minimum absolute atomic E-state index is 0.383. The topological polar surface area (TPSA) is 18.5 Å². The summed E-state index contributed by atoms with van der Waals surface area (Å²) in [5.41, 5.74) is 0. The van der Waals surface area contributed by atoms with Gasteiger partial charge in [-0.2, -0.15) is 0 Å². The second-order valence-corrected chi connectivity index (χ2v) is 6.75. The van der Waals surface area contributed by atoms with Gasteiger partial charge in [-0.05, 0) is 32.6 Å². The number of hydrogen-bond donors (Lipinski definition) is 0. The van der Waals surface area contributed by atoms with E-state index < -0.39 is 0 Å². The fourth-order valence-electron chi connectivity index (χ4n) is 3.08. The summed E-state index contributed by atoms with van der Waals surface area (Å²) in [5, 5.41) is 0. The molecule has 1 unspecified atom stereocenters. The average molecular weight is 315 g/mol. The van der Waals surface area contributed by atoms with E-state index in [2.05, 4.69) is 34.6 Å². The Morgan fingerprint density at radius 1 is 0.636 bits per heavy atom. The number of ether oxygens (including phenoxy) is 2. The third kappa shape index (κ3) is 9.84. The van der Waals surface area contributed by atoms with E-state index in [1.54, 1.807) is 0 Å². The summed E-state index contributed by atoms with van der Waals surface area (Å²) < 4.78 is 12.3. The Labute approximate surface area is 140 Å². The Kier molecular flexibility index (Phi) is 14.5. The largest absolute Gasteiger partial charge is 0.350 e. The molecule has 0 N–H and O–H groups in total. The van der Waals surface area contributed by atoms with Crippen molar-refractivity contribution >= 4 is 0 Å². The maximum atomic E-state index is 6.17. The van der Waals surface area contributed by atoms with Gasteiger partial charge in [0.25, 0.3) is 0 Å². The number of rotatable bonds is 16. The van der Waals surface area contributed by atoms with E-state index in [9.17, 15) is 0 Å². The van der Waals surface area contributed by atoms with Crippen LogP contribution in [0.5, 0.6) is 0 Å². The molecular formula is C20H42O2. The average Bonchev–Trinajstić information content (AvgIpc) is 2.53. The van der Waals surface area contributed by atoms with Gasteiger partial charge in [0.05, 0.1) is 0 Å². The van der Waals surface area contributed by atoms with Gasteiger partial charge >= 0.3 is 0 Å². The van der Waals surface area contributed by atoms with Gasteiger partial charge in [-0.15, -0.1) is 0 Å². The summed E-state index contributed by atoms with van der Waals surface area (Å²) in [7, 11) is 0. The molecular weight excluding hydrogens is 272 g/mol. The Bertz CT molecular complexity index is 220. The summed E-state index contributed by atoms with van der Waals surface area (Å²) in [6.07, 6.45) is 13.9. The molecule has 0 saturated heterocycles. The van der Waals surface area contributed by atoms with Crippen molar-refractivity contribution in [3.63, 3.8) is 0 Å². The molecule has 0 aromatic heterocycles. The minimum Gasteiger partial charge on any atom is -0.350 e. The van der Waals surface area contributed by atoms with Crippen molar-refractivity contribution in [2.24, 2.45) is 5.92 Å². The van der Waals surface area contributed by atoms with Crippen molar-refractivity contribution in [1.82, 2.24) is 0 Å². The highest BCUT2D eigenvalue weighted by molar-refractivity contribution is 4.76. The monoisotopic (exact) mass is 314 g/mol. The van der Waals surface area contributed by atoms with Crippen LogP contribution < -0.4 is 0 Å². The van der Waals surface area contributed by atoms with Gasteiger partial charge in [-0.3, -0.25) is 0 Å². The molecule has 0 saturated carbocycles. The molecule has 0 aromatic rings. The van der Waals surface area contributed by atoms with E-state index in [0.29, 0.717) is 5.92 Å². The summed E-state index contributed by atoms with van der Waals surface area (Å²) in [6, 6.07) is 0. The summed E-state index contributed by atoms with van der Waals surface area (Å²) in [5.74, 6) is 0.146. The third-order valence-corrected chi connectivity index (χ3v) is 4.47. The van der Waals surface area contributed by atoms with Crippen LogP contribution in [0, 0.1) is 5.92 Å². The maximum absolute atomic E-state index is 6.17. The minimum atomic E-state index is -0.383. The van der Waals surface area contributed by atoms with Crippen LogP contribution >= 0.6 is 0 Å². The fraction of sp³-hybridized carbons (Fsp3) is 1.00. The zero-order valence-corrected chi connectivity index (χ0v) is 16.1. The molecule has 0 aromatic carbocycles. The Balaban J connectivity index is 4.40. The molecule has 0 aliphatic heterocycles. The first-order valence-corrected chi connectivity index (χ1v) is 9.92. The van der Waals surface area contributed by atoms with Crippen LogP contribution in [-0.2, 0) is 9.47 Å². The molecule has 0 radical (unpaired) electrons. The van der Waals surface area contributed by atoms with Gasteiger partial charge in [0, 0.05) is 19.1 Å². The van der Waals surface area contributed by atoms with Crippen molar-refractivity contribution < 1.29 is 9.47 Å². The molecule has 2 nitrogen and oxygen atoms in total. The molecule has 0 amide bonds. The van der Waals surface area contributed by atoms with Gasteiger partial charge in [0.2, 0.25) is 0 Å². The van der Waals surface area contributed by atoms with E-state index in [1.807, 2.05) is 0 Å². The fourth-order valence-corrected chi connectivity index (χ4v) is 3.08. The summed E-state index contributed by atoms with van der Waals surface area (Å²) in [4.78, 5) is 0. The standard InChI is InChI=1S/C20H42O2/c1-6-10-11-12-13-14-16-19(15-7-2)20(5,21-17-8-3)22-18-9-4/h19H,6-18H2,1-5H3. The van der Waals surface area contributed by atoms with Crippen LogP contribution in [0.15, 0.2) is 0 Å². The van der Waals surface area contributed by atoms with Crippen molar-refractivity contribution in [2.45, 2.75) is 111 Å². The molecule has 2 heteroatoms. The zero-order valence-electron chi connectivity index (χ0n) is 16.1. The van der Waals surface area contributed by atoms with Crippen LogP contribution in [-0.4, -0.2) is 19.0 Å². The molecule has 134 valence electrons. The quantitative estimate of drug-likeness (QED) is 0.232. The van der Waals surface area contributed by atoms with E-state index in [0.717, 1.165) is 26.1 Å². The number of hydrogen-bond acceptors (Lipinski definition) is 2. The molecule has 0 spiro atoms. The molecule has 0 bridgehead atoms. The molecule has 0 aliphatic rings. The first-order chi connectivity index (χ1) is 10.6. The van der Waals surface area contributed by atoms with Gasteiger partial charge in [0.15, 0.2) is 5.79 Å².